The van der Waals surface area contributed by atoms with Crippen LogP contribution in [-0.4, -0.2) is 38.0 Å². The van der Waals surface area contributed by atoms with Gasteiger partial charge in [-0.1, -0.05) is 42.1 Å². The Morgan fingerprint density at radius 2 is 2.07 bits per heavy atom. The van der Waals surface area contributed by atoms with Crippen LogP contribution in [0.25, 0.3) is 0 Å². The normalized spacial score (nSPS) is 11.9. The van der Waals surface area contributed by atoms with E-state index in [0.29, 0.717) is 23.0 Å². The number of rotatable bonds is 7. The lowest BCUT2D eigenvalue weighted by molar-refractivity contribution is 0.0953. The van der Waals surface area contributed by atoms with Crippen molar-refractivity contribution in [2.45, 2.75) is 25.0 Å². The Bertz CT molecular complexity index is 954. The van der Waals surface area contributed by atoms with Crippen molar-refractivity contribution in [3.05, 3.63) is 76.0 Å². The highest BCUT2D eigenvalue weighted by Crippen LogP contribution is 2.16. The number of nitrogens with one attached hydrogen (secondary N) is 2. The minimum absolute atomic E-state index is 0.159. The molecule has 140 valence electrons. The molecule has 1 unspecified atom stereocenters. The van der Waals surface area contributed by atoms with Crippen LogP contribution in [-0.2, 0) is 0 Å². The van der Waals surface area contributed by atoms with E-state index >= 15 is 0 Å². The SMILES string of the molecule is Cc1ccn(C(C)c2ccccc2)c(=O)c1C(=O)NCCSc1ncn[nH]1. The van der Waals surface area contributed by atoms with Crippen molar-refractivity contribution in [1.82, 2.24) is 25.1 Å². The summed E-state index contributed by atoms with van der Waals surface area (Å²) in [4.78, 5) is 29.5. The number of carbonyl (C=O) groups is 1. The fraction of sp³-hybridized carbons (Fsp3) is 0.263. The number of carbonyl (C=O) groups excluding carboxylic acids is 1. The van der Waals surface area contributed by atoms with Crippen molar-refractivity contribution in [3.63, 3.8) is 0 Å². The minimum atomic E-state index is -0.356. The molecular formula is C19H21N5O2S. The lowest BCUT2D eigenvalue weighted by Crippen LogP contribution is -2.36. The first kappa shape index (κ1) is 18.9. The molecule has 1 aromatic carbocycles. The summed E-state index contributed by atoms with van der Waals surface area (Å²) in [5.41, 5.74) is 1.58. The highest BCUT2D eigenvalue weighted by molar-refractivity contribution is 7.99. The first-order chi connectivity index (χ1) is 13.1. The van der Waals surface area contributed by atoms with Gasteiger partial charge in [0.2, 0.25) is 0 Å². The summed E-state index contributed by atoms with van der Waals surface area (Å²) in [7, 11) is 0. The predicted octanol–water partition coefficient (Wildman–Crippen LogP) is 2.41. The number of hydrogen-bond acceptors (Lipinski definition) is 5. The van der Waals surface area contributed by atoms with Crippen LogP contribution in [0.15, 0.2) is 58.9 Å². The molecule has 2 heterocycles. The second kappa shape index (κ2) is 8.68. The summed E-state index contributed by atoms with van der Waals surface area (Å²) in [6.45, 7) is 4.14. The van der Waals surface area contributed by atoms with Gasteiger partial charge in [-0.25, -0.2) is 4.98 Å². The predicted molar refractivity (Wildman–Crippen MR) is 105 cm³/mol. The molecule has 0 aliphatic rings. The van der Waals surface area contributed by atoms with E-state index in [4.69, 9.17) is 0 Å². The number of nitrogens with zero attached hydrogens (tertiary/aromatic N) is 3. The number of hydrogen-bond donors (Lipinski definition) is 2. The van der Waals surface area contributed by atoms with Crippen molar-refractivity contribution >= 4 is 17.7 Å². The Labute approximate surface area is 161 Å². The van der Waals surface area contributed by atoms with E-state index in [0.717, 1.165) is 5.56 Å². The number of pyridine rings is 1. The molecule has 3 aromatic rings. The summed E-state index contributed by atoms with van der Waals surface area (Å²) < 4.78 is 1.60. The van der Waals surface area contributed by atoms with E-state index in [9.17, 15) is 9.59 Å². The Balaban J connectivity index is 1.72. The van der Waals surface area contributed by atoms with Crippen LogP contribution >= 0.6 is 11.8 Å². The molecule has 1 atom stereocenters. The van der Waals surface area contributed by atoms with Crippen molar-refractivity contribution in [2.75, 3.05) is 12.3 Å². The van der Waals surface area contributed by atoms with Gasteiger partial charge in [-0.05, 0) is 31.0 Å². The smallest absolute Gasteiger partial charge is 0.264 e. The maximum atomic E-state index is 12.9. The maximum Gasteiger partial charge on any atom is 0.264 e. The van der Waals surface area contributed by atoms with Crippen molar-refractivity contribution < 1.29 is 4.79 Å². The van der Waals surface area contributed by atoms with Crippen LogP contribution in [0.3, 0.4) is 0 Å². The van der Waals surface area contributed by atoms with Gasteiger partial charge in [0.15, 0.2) is 5.16 Å². The average molecular weight is 383 g/mol. The van der Waals surface area contributed by atoms with Crippen molar-refractivity contribution in [1.29, 1.82) is 0 Å². The van der Waals surface area contributed by atoms with Gasteiger partial charge >= 0.3 is 0 Å². The number of thioether (sulfide) groups is 1. The Morgan fingerprint density at radius 1 is 1.30 bits per heavy atom. The topological polar surface area (TPSA) is 92.7 Å². The standard InChI is InChI=1S/C19H21N5O2S/c1-13-8-10-24(14(2)15-6-4-3-5-7-15)18(26)16(13)17(25)20-9-11-27-19-21-12-22-23-19/h3-8,10,12,14H,9,11H2,1-2H3,(H,20,25)(H,21,22,23). The molecule has 0 aliphatic carbocycles. The van der Waals surface area contributed by atoms with Crippen LogP contribution in [0.2, 0.25) is 0 Å². The molecule has 2 N–H and O–H groups in total. The molecule has 0 saturated carbocycles. The summed E-state index contributed by atoms with van der Waals surface area (Å²) in [6, 6.07) is 11.4. The lowest BCUT2D eigenvalue weighted by atomic mass is 10.1. The van der Waals surface area contributed by atoms with Crippen LogP contribution in [0, 0.1) is 6.92 Å². The van der Waals surface area contributed by atoms with E-state index < -0.39 is 0 Å². The fourth-order valence-electron chi connectivity index (χ4n) is 2.78. The minimum Gasteiger partial charge on any atom is -0.351 e. The van der Waals surface area contributed by atoms with Gasteiger partial charge in [0, 0.05) is 18.5 Å². The van der Waals surface area contributed by atoms with E-state index in [1.54, 1.807) is 23.8 Å². The van der Waals surface area contributed by atoms with E-state index in [2.05, 4.69) is 20.5 Å². The van der Waals surface area contributed by atoms with Crippen molar-refractivity contribution in [2.24, 2.45) is 0 Å². The van der Waals surface area contributed by atoms with Gasteiger partial charge in [-0.15, -0.1) is 0 Å². The van der Waals surface area contributed by atoms with Crippen LogP contribution in [0.5, 0.6) is 0 Å². The average Bonchev–Trinajstić information content (AvgIpc) is 3.19. The van der Waals surface area contributed by atoms with E-state index in [1.165, 1.54) is 18.1 Å². The summed E-state index contributed by atoms with van der Waals surface area (Å²) in [5.74, 6) is 0.270. The second-order valence-corrected chi connectivity index (χ2v) is 7.15. The molecule has 1 amide bonds. The first-order valence-corrected chi connectivity index (χ1v) is 9.59. The molecule has 0 saturated heterocycles. The Hall–Kier alpha value is -2.87. The quantitative estimate of drug-likeness (QED) is 0.483. The number of aromatic nitrogens is 4. The zero-order chi connectivity index (χ0) is 19.2. The lowest BCUT2D eigenvalue weighted by Gasteiger charge is -2.17. The molecule has 7 nitrogen and oxygen atoms in total. The Kier molecular flexibility index (Phi) is 6.08. The van der Waals surface area contributed by atoms with E-state index in [1.807, 2.05) is 37.3 Å². The largest absolute Gasteiger partial charge is 0.351 e. The van der Waals surface area contributed by atoms with Gasteiger partial charge in [-0.2, -0.15) is 5.10 Å². The third-order valence-corrected chi connectivity index (χ3v) is 5.15. The third kappa shape index (κ3) is 4.46. The van der Waals surface area contributed by atoms with Crippen LogP contribution in [0.1, 0.15) is 34.5 Å². The van der Waals surface area contributed by atoms with Gasteiger partial charge < -0.3 is 9.88 Å². The zero-order valence-electron chi connectivity index (χ0n) is 15.2. The number of H-pyrrole nitrogens is 1. The molecule has 0 radical (unpaired) electrons. The number of aryl methyl sites for hydroxylation is 1. The molecule has 0 fully saturated rings. The number of aromatic amines is 1. The number of benzene rings is 1. The highest BCUT2D eigenvalue weighted by Gasteiger charge is 2.18. The third-order valence-electron chi connectivity index (χ3n) is 4.27. The molecule has 27 heavy (non-hydrogen) atoms. The van der Waals surface area contributed by atoms with Gasteiger partial charge in [-0.3, -0.25) is 14.7 Å². The molecule has 0 spiro atoms. The van der Waals surface area contributed by atoms with Crippen LogP contribution in [0.4, 0.5) is 0 Å². The molecular weight excluding hydrogens is 362 g/mol. The van der Waals surface area contributed by atoms with Crippen LogP contribution < -0.4 is 10.9 Å². The maximum absolute atomic E-state index is 12.9. The van der Waals surface area contributed by atoms with Gasteiger partial charge in [0.1, 0.15) is 11.9 Å². The molecule has 0 bridgehead atoms. The summed E-state index contributed by atoms with van der Waals surface area (Å²) in [5, 5.41) is 10.0. The fourth-order valence-corrected chi connectivity index (χ4v) is 3.42. The number of amides is 1. The zero-order valence-corrected chi connectivity index (χ0v) is 16.0. The monoisotopic (exact) mass is 383 g/mol. The molecule has 2 aromatic heterocycles. The summed E-state index contributed by atoms with van der Waals surface area (Å²) in [6.07, 6.45) is 3.18. The molecule has 3 rings (SSSR count). The molecule has 0 aliphatic heterocycles. The van der Waals surface area contributed by atoms with Gasteiger partial charge in [0.05, 0.1) is 6.04 Å². The van der Waals surface area contributed by atoms with Gasteiger partial charge in [0.25, 0.3) is 11.5 Å². The van der Waals surface area contributed by atoms with Crippen molar-refractivity contribution in [3.8, 4) is 0 Å². The second-order valence-electron chi connectivity index (χ2n) is 6.07. The highest BCUT2D eigenvalue weighted by atomic mass is 32.2. The van der Waals surface area contributed by atoms with E-state index in [-0.39, 0.29) is 23.1 Å². The summed E-state index contributed by atoms with van der Waals surface area (Å²) >= 11 is 1.45. The Morgan fingerprint density at radius 3 is 2.78 bits per heavy atom. The molecule has 8 heteroatoms. The first-order valence-electron chi connectivity index (χ1n) is 8.61.